The largest absolute Gasteiger partial charge is 0.456 e. The summed E-state index contributed by atoms with van der Waals surface area (Å²) in [6, 6.07) is 11.9. The summed E-state index contributed by atoms with van der Waals surface area (Å²) in [5.74, 6) is 0.971. The number of benzene rings is 2. The Kier molecular flexibility index (Phi) is 4.14. The molecule has 0 aliphatic carbocycles. The van der Waals surface area contributed by atoms with Crippen LogP contribution in [0.2, 0.25) is 10.0 Å². The van der Waals surface area contributed by atoms with Crippen LogP contribution in [0.3, 0.4) is 0 Å². The summed E-state index contributed by atoms with van der Waals surface area (Å²) in [6.07, 6.45) is 0. The molecule has 2 rings (SSSR count). The van der Waals surface area contributed by atoms with Gasteiger partial charge in [-0.05, 0) is 24.3 Å². The second-order valence-electron chi connectivity index (χ2n) is 3.66. The van der Waals surface area contributed by atoms with Crippen LogP contribution in [-0.4, -0.2) is 11.0 Å². The average molecular weight is 297 g/mol. The summed E-state index contributed by atoms with van der Waals surface area (Å²) < 4.78 is 5.60. The van der Waals surface area contributed by atoms with E-state index in [-0.39, 0.29) is 5.84 Å². The van der Waals surface area contributed by atoms with E-state index in [1.807, 2.05) is 12.1 Å². The molecule has 0 heterocycles. The predicted molar refractivity (Wildman–Crippen MR) is 75.5 cm³/mol. The van der Waals surface area contributed by atoms with Crippen molar-refractivity contribution in [3.8, 4) is 11.5 Å². The molecule has 98 valence electrons. The maximum Gasteiger partial charge on any atom is 0.171 e. The summed E-state index contributed by atoms with van der Waals surface area (Å²) >= 11 is 12.0. The Morgan fingerprint density at radius 3 is 2.47 bits per heavy atom. The third-order valence-corrected chi connectivity index (χ3v) is 3.01. The van der Waals surface area contributed by atoms with Gasteiger partial charge in [0.2, 0.25) is 0 Å². The van der Waals surface area contributed by atoms with Crippen molar-refractivity contribution in [2.45, 2.75) is 0 Å². The highest BCUT2D eigenvalue weighted by Gasteiger charge is 2.08. The van der Waals surface area contributed by atoms with Crippen molar-refractivity contribution in [1.82, 2.24) is 0 Å². The van der Waals surface area contributed by atoms with Gasteiger partial charge in [-0.3, -0.25) is 0 Å². The van der Waals surface area contributed by atoms with E-state index in [0.717, 1.165) is 0 Å². The molecular formula is C13H10Cl2N2O2. The monoisotopic (exact) mass is 296 g/mol. The third-order valence-electron chi connectivity index (χ3n) is 2.39. The fraction of sp³-hybridized carbons (Fsp3) is 0. The highest BCUT2D eigenvalue weighted by atomic mass is 35.5. The normalized spacial score (nSPS) is 11.4. The van der Waals surface area contributed by atoms with Crippen molar-refractivity contribution in [3.63, 3.8) is 0 Å². The van der Waals surface area contributed by atoms with Crippen LogP contribution in [0.15, 0.2) is 47.6 Å². The molecule has 2 aromatic rings. The number of para-hydroxylation sites is 1. The molecule has 3 N–H and O–H groups in total. The van der Waals surface area contributed by atoms with E-state index >= 15 is 0 Å². The molecule has 0 aliphatic heterocycles. The Labute approximate surface area is 120 Å². The van der Waals surface area contributed by atoms with E-state index in [0.29, 0.717) is 27.1 Å². The van der Waals surface area contributed by atoms with E-state index < -0.39 is 0 Å². The second-order valence-corrected chi connectivity index (χ2v) is 4.47. The van der Waals surface area contributed by atoms with Crippen LogP contribution in [0.5, 0.6) is 11.5 Å². The van der Waals surface area contributed by atoms with Crippen LogP contribution in [-0.2, 0) is 0 Å². The minimum absolute atomic E-state index is 0.0608. The van der Waals surface area contributed by atoms with Crippen molar-refractivity contribution in [2.75, 3.05) is 0 Å². The Morgan fingerprint density at radius 1 is 1.11 bits per heavy atom. The first-order valence-electron chi connectivity index (χ1n) is 5.31. The highest BCUT2D eigenvalue weighted by molar-refractivity contribution is 6.34. The number of halogens is 2. The zero-order valence-electron chi connectivity index (χ0n) is 9.68. The number of ether oxygens (including phenoxy) is 1. The first-order chi connectivity index (χ1) is 9.11. The van der Waals surface area contributed by atoms with Gasteiger partial charge in [0, 0.05) is 11.6 Å². The Morgan fingerprint density at radius 2 is 1.84 bits per heavy atom. The van der Waals surface area contributed by atoms with Gasteiger partial charge in [-0.2, -0.15) is 0 Å². The first kappa shape index (κ1) is 13.5. The Balaban J connectivity index is 2.29. The molecule has 0 radical (unpaired) electrons. The molecule has 0 aromatic heterocycles. The van der Waals surface area contributed by atoms with E-state index in [2.05, 4.69) is 5.16 Å². The van der Waals surface area contributed by atoms with E-state index in [1.54, 1.807) is 30.3 Å². The number of amidine groups is 1. The molecule has 6 heteroatoms. The van der Waals surface area contributed by atoms with Crippen LogP contribution in [0.1, 0.15) is 5.56 Å². The van der Waals surface area contributed by atoms with Crippen LogP contribution in [0.25, 0.3) is 0 Å². The van der Waals surface area contributed by atoms with Gasteiger partial charge in [0.15, 0.2) is 5.84 Å². The lowest BCUT2D eigenvalue weighted by molar-refractivity contribution is 0.318. The van der Waals surface area contributed by atoms with Gasteiger partial charge < -0.3 is 15.7 Å². The molecule has 0 unspecified atom stereocenters. The van der Waals surface area contributed by atoms with Crippen LogP contribution >= 0.6 is 23.2 Å². The molecule has 0 saturated carbocycles. The zero-order chi connectivity index (χ0) is 13.8. The summed E-state index contributed by atoms with van der Waals surface area (Å²) in [7, 11) is 0. The summed E-state index contributed by atoms with van der Waals surface area (Å²) in [4.78, 5) is 0. The van der Waals surface area contributed by atoms with E-state index in [9.17, 15) is 0 Å². The molecule has 0 amide bonds. The quantitative estimate of drug-likeness (QED) is 0.391. The maximum atomic E-state index is 8.61. The standard InChI is InChI=1S/C13H10Cl2N2O2/c14-10-3-1-2-4-12(10)19-8-5-6-9(11(15)7-8)13(16)17-18/h1-7,18H,(H2,16,17). The molecule has 0 aliphatic rings. The SMILES string of the molecule is N/C(=N/O)c1ccc(Oc2ccccc2Cl)cc1Cl. The molecule has 4 nitrogen and oxygen atoms in total. The van der Waals surface area contributed by atoms with Gasteiger partial charge in [-0.25, -0.2) is 0 Å². The van der Waals surface area contributed by atoms with Crippen LogP contribution in [0.4, 0.5) is 0 Å². The lowest BCUT2D eigenvalue weighted by atomic mass is 10.2. The first-order valence-corrected chi connectivity index (χ1v) is 6.07. The topological polar surface area (TPSA) is 67.8 Å². The van der Waals surface area contributed by atoms with Crippen molar-refractivity contribution in [2.24, 2.45) is 10.9 Å². The van der Waals surface area contributed by atoms with Crippen LogP contribution in [0, 0.1) is 0 Å². The summed E-state index contributed by atoms with van der Waals surface area (Å²) in [5.41, 5.74) is 5.90. The summed E-state index contributed by atoms with van der Waals surface area (Å²) in [5, 5.41) is 12.3. The maximum absolute atomic E-state index is 8.61. The van der Waals surface area contributed by atoms with Gasteiger partial charge >= 0.3 is 0 Å². The molecule has 0 saturated heterocycles. The molecule has 0 atom stereocenters. The number of nitrogens with zero attached hydrogens (tertiary/aromatic N) is 1. The van der Waals surface area contributed by atoms with Crippen molar-refractivity contribution < 1.29 is 9.94 Å². The van der Waals surface area contributed by atoms with Crippen molar-refractivity contribution in [3.05, 3.63) is 58.1 Å². The molecule has 0 spiro atoms. The number of hydrogen-bond donors (Lipinski definition) is 2. The fourth-order valence-electron chi connectivity index (χ4n) is 1.48. The number of rotatable bonds is 3. The molecular weight excluding hydrogens is 287 g/mol. The van der Waals surface area contributed by atoms with Crippen molar-refractivity contribution >= 4 is 29.0 Å². The second kappa shape index (κ2) is 5.82. The minimum Gasteiger partial charge on any atom is -0.456 e. The number of hydrogen-bond acceptors (Lipinski definition) is 3. The smallest absolute Gasteiger partial charge is 0.171 e. The number of nitrogens with two attached hydrogens (primary N) is 1. The van der Waals surface area contributed by atoms with E-state index in [4.69, 9.17) is 38.9 Å². The van der Waals surface area contributed by atoms with Gasteiger partial charge in [-0.1, -0.05) is 40.5 Å². The molecule has 0 bridgehead atoms. The zero-order valence-corrected chi connectivity index (χ0v) is 11.2. The van der Waals surface area contributed by atoms with Gasteiger partial charge in [0.1, 0.15) is 11.5 Å². The molecule has 2 aromatic carbocycles. The molecule has 0 fully saturated rings. The van der Waals surface area contributed by atoms with Gasteiger partial charge in [0.25, 0.3) is 0 Å². The molecule has 19 heavy (non-hydrogen) atoms. The predicted octanol–water partition coefficient (Wildman–Crippen LogP) is 3.88. The fourth-order valence-corrected chi connectivity index (χ4v) is 1.92. The Bertz CT molecular complexity index is 630. The lowest BCUT2D eigenvalue weighted by Crippen LogP contribution is -2.13. The van der Waals surface area contributed by atoms with Crippen molar-refractivity contribution in [1.29, 1.82) is 0 Å². The average Bonchev–Trinajstić information content (AvgIpc) is 2.41. The lowest BCUT2D eigenvalue weighted by Gasteiger charge is -2.09. The number of oxime groups is 1. The third kappa shape index (κ3) is 3.10. The van der Waals surface area contributed by atoms with Gasteiger partial charge in [0.05, 0.1) is 10.0 Å². The van der Waals surface area contributed by atoms with Gasteiger partial charge in [-0.15, -0.1) is 0 Å². The van der Waals surface area contributed by atoms with E-state index in [1.165, 1.54) is 0 Å². The Hall–Kier alpha value is -1.91. The van der Waals surface area contributed by atoms with Crippen LogP contribution < -0.4 is 10.5 Å². The summed E-state index contributed by atoms with van der Waals surface area (Å²) in [6.45, 7) is 0. The highest BCUT2D eigenvalue weighted by Crippen LogP contribution is 2.31. The minimum atomic E-state index is -0.0608.